The van der Waals surface area contributed by atoms with E-state index in [-0.39, 0.29) is 12.1 Å². The van der Waals surface area contributed by atoms with Gasteiger partial charge < -0.3 is 15.0 Å². The van der Waals surface area contributed by atoms with Crippen LogP contribution < -0.4 is 5.32 Å². The molecule has 0 spiro atoms. The molecular formula is C17H24ClN3O2. The topological polar surface area (TPSA) is 44.8 Å². The number of amides is 2. The molecule has 2 aliphatic rings. The van der Waals surface area contributed by atoms with E-state index in [4.69, 9.17) is 16.3 Å². The van der Waals surface area contributed by atoms with Gasteiger partial charge in [0, 0.05) is 48.6 Å². The second-order valence-corrected chi connectivity index (χ2v) is 6.83. The van der Waals surface area contributed by atoms with Crippen molar-refractivity contribution in [3.63, 3.8) is 0 Å². The predicted octanol–water partition coefficient (Wildman–Crippen LogP) is 3.19. The lowest BCUT2D eigenvalue weighted by Gasteiger charge is -2.42. The van der Waals surface area contributed by atoms with E-state index in [0.717, 1.165) is 30.9 Å². The molecule has 126 valence electrons. The molecule has 5 nitrogen and oxygen atoms in total. The fraction of sp³-hybridized carbons (Fsp3) is 0.588. The first-order valence-corrected chi connectivity index (χ1v) is 8.56. The van der Waals surface area contributed by atoms with Gasteiger partial charge in [-0.3, -0.25) is 4.90 Å². The molecule has 1 aromatic rings. The van der Waals surface area contributed by atoms with Gasteiger partial charge in [-0.15, -0.1) is 0 Å². The Morgan fingerprint density at radius 1 is 1.43 bits per heavy atom. The highest BCUT2D eigenvalue weighted by Crippen LogP contribution is 2.28. The first-order chi connectivity index (χ1) is 11.1. The summed E-state index contributed by atoms with van der Waals surface area (Å²) in [5, 5.41) is 3.63. The molecular weight excluding hydrogens is 314 g/mol. The molecule has 0 aromatic heterocycles. The van der Waals surface area contributed by atoms with Crippen molar-refractivity contribution in [3.05, 3.63) is 28.8 Å². The molecule has 0 saturated carbocycles. The maximum Gasteiger partial charge on any atom is 0.322 e. The number of nitrogens with one attached hydrogen (secondary N) is 1. The predicted molar refractivity (Wildman–Crippen MR) is 91.9 cm³/mol. The third-order valence-electron chi connectivity index (χ3n) is 4.85. The average Bonchev–Trinajstić information content (AvgIpc) is 2.97. The highest BCUT2D eigenvalue weighted by Gasteiger charge is 2.36. The highest BCUT2D eigenvalue weighted by molar-refractivity contribution is 6.31. The van der Waals surface area contributed by atoms with Crippen LogP contribution in [-0.2, 0) is 11.3 Å². The van der Waals surface area contributed by atoms with Crippen LogP contribution in [0.4, 0.5) is 10.5 Å². The molecule has 3 rings (SSSR count). The zero-order valence-electron chi connectivity index (χ0n) is 13.7. The number of halogens is 1. The molecule has 1 aromatic carbocycles. The zero-order valence-corrected chi connectivity index (χ0v) is 14.5. The molecule has 2 aliphatic heterocycles. The number of carbonyl (C=O) groups excluding carboxylic acids is 1. The van der Waals surface area contributed by atoms with Gasteiger partial charge in [-0.1, -0.05) is 17.7 Å². The Hall–Kier alpha value is -1.30. The number of fused-ring (bicyclic) bond motifs is 1. The number of benzene rings is 1. The summed E-state index contributed by atoms with van der Waals surface area (Å²) in [6, 6.07) is 6.20. The summed E-state index contributed by atoms with van der Waals surface area (Å²) in [5.41, 5.74) is 1.54. The van der Waals surface area contributed by atoms with Crippen LogP contribution in [0.1, 0.15) is 25.3 Å². The Labute approximate surface area is 142 Å². The first-order valence-electron chi connectivity index (χ1n) is 8.18. The molecule has 2 saturated heterocycles. The summed E-state index contributed by atoms with van der Waals surface area (Å²) in [6.45, 7) is 5.41. The van der Waals surface area contributed by atoms with Gasteiger partial charge in [0.25, 0.3) is 0 Å². The lowest BCUT2D eigenvalue weighted by atomic mass is 10.1. The van der Waals surface area contributed by atoms with Crippen LogP contribution in [0.2, 0.25) is 5.02 Å². The minimum atomic E-state index is -0.0522. The Morgan fingerprint density at radius 3 is 3.04 bits per heavy atom. The van der Waals surface area contributed by atoms with Crippen LogP contribution in [0.25, 0.3) is 0 Å². The van der Waals surface area contributed by atoms with E-state index in [0.29, 0.717) is 17.7 Å². The van der Waals surface area contributed by atoms with Crippen molar-refractivity contribution in [2.24, 2.45) is 0 Å². The largest absolute Gasteiger partial charge is 0.380 e. The Morgan fingerprint density at radius 2 is 2.26 bits per heavy atom. The van der Waals surface area contributed by atoms with Crippen LogP contribution in [0.15, 0.2) is 18.2 Å². The lowest BCUT2D eigenvalue weighted by Crippen LogP contribution is -2.57. The van der Waals surface area contributed by atoms with Gasteiger partial charge in [0.05, 0.1) is 6.61 Å². The van der Waals surface area contributed by atoms with Gasteiger partial charge in [0.1, 0.15) is 0 Å². The van der Waals surface area contributed by atoms with Crippen molar-refractivity contribution in [1.82, 2.24) is 9.80 Å². The molecule has 2 amide bonds. The fourth-order valence-electron chi connectivity index (χ4n) is 3.62. The molecule has 1 N–H and O–H groups in total. The minimum absolute atomic E-state index is 0.0522. The third-order valence-corrected chi connectivity index (χ3v) is 5.20. The Kier molecular flexibility index (Phi) is 5.09. The molecule has 23 heavy (non-hydrogen) atoms. The number of hydrogen-bond acceptors (Lipinski definition) is 3. The van der Waals surface area contributed by atoms with Crippen molar-refractivity contribution in [1.29, 1.82) is 0 Å². The van der Waals surface area contributed by atoms with Crippen LogP contribution >= 0.6 is 11.6 Å². The van der Waals surface area contributed by atoms with Gasteiger partial charge in [0.2, 0.25) is 0 Å². The number of methoxy groups -OCH3 is 1. The van der Waals surface area contributed by atoms with E-state index in [2.05, 4.69) is 17.1 Å². The normalized spacial score (nSPS) is 24.6. The van der Waals surface area contributed by atoms with Crippen LogP contribution in [0, 0.1) is 0 Å². The molecule has 0 bridgehead atoms. The van der Waals surface area contributed by atoms with E-state index in [1.807, 2.05) is 23.1 Å². The third kappa shape index (κ3) is 3.47. The van der Waals surface area contributed by atoms with E-state index in [9.17, 15) is 4.79 Å². The maximum atomic E-state index is 12.7. The number of anilines is 1. The van der Waals surface area contributed by atoms with Crippen LogP contribution in [0.5, 0.6) is 0 Å². The summed E-state index contributed by atoms with van der Waals surface area (Å²) in [7, 11) is 1.62. The number of nitrogens with zero attached hydrogens (tertiary/aromatic N) is 2. The Bertz CT molecular complexity index is 581. The van der Waals surface area contributed by atoms with Gasteiger partial charge in [-0.2, -0.15) is 0 Å². The van der Waals surface area contributed by atoms with Gasteiger partial charge >= 0.3 is 6.03 Å². The quantitative estimate of drug-likeness (QED) is 0.921. The molecule has 2 atom stereocenters. The summed E-state index contributed by atoms with van der Waals surface area (Å²) in [4.78, 5) is 17.2. The molecule has 2 heterocycles. The second-order valence-electron chi connectivity index (χ2n) is 6.42. The van der Waals surface area contributed by atoms with Gasteiger partial charge in [0.15, 0.2) is 0 Å². The summed E-state index contributed by atoms with van der Waals surface area (Å²) in [6.07, 6.45) is 2.42. The van der Waals surface area contributed by atoms with E-state index in [1.165, 1.54) is 12.8 Å². The summed E-state index contributed by atoms with van der Waals surface area (Å²) in [5.74, 6) is 0. The van der Waals surface area contributed by atoms with E-state index < -0.39 is 0 Å². The maximum absolute atomic E-state index is 12.7. The van der Waals surface area contributed by atoms with Gasteiger partial charge in [-0.05, 0) is 38.4 Å². The van der Waals surface area contributed by atoms with Crippen LogP contribution in [0.3, 0.4) is 0 Å². The number of ether oxygens (including phenoxy) is 1. The van der Waals surface area contributed by atoms with Crippen molar-refractivity contribution in [2.45, 2.75) is 38.5 Å². The smallest absolute Gasteiger partial charge is 0.322 e. The standard InChI is InChI=1S/C17H24ClN3O2/c1-12-9-20-8-4-5-13(20)10-21(12)17(22)19-16-7-3-6-15(18)14(16)11-23-2/h3,6-7,12-13H,4-5,8-11H2,1-2H3,(H,19,22)/t12-,13-/m1/s1. The zero-order chi connectivity index (χ0) is 16.4. The summed E-state index contributed by atoms with van der Waals surface area (Å²) < 4.78 is 5.20. The molecule has 0 radical (unpaired) electrons. The lowest BCUT2D eigenvalue weighted by molar-refractivity contribution is 0.0861. The van der Waals surface area contributed by atoms with Crippen molar-refractivity contribution >= 4 is 23.3 Å². The monoisotopic (exact) mass is 337 g/mol. The summed E-state index contributed by atoms with van der Waals surface area (Å²) >= 11 is 6.23. The fourth-order valence-corrected chi connectivity index (χ4v) is 3.85. The van der Waals surface area contributed by atoms with Gasteiger partial charge in [-0.25, -0.2) is 4.79 Å². The number of hydrogen-bond donors (Lipinski definition) is 1. The number of urea groups is 1. The number of rotatable bonds is 3. The first kappa shape index (κ1) is 16.6. The van der Waals surface area contributed by atoms with E-state index >= 15 is 0 Å². The molecule has 6 heteroatoms. The molecule has 0 unspecified atom stereocenters. The SMILES string of the molecule is COCc1c(Cl)cccc1NC(=O)N1C[C@H]2CCCN2C[C@H]1C. The highest BCUT2D eigenvalue weighted by atomic mass is 35.5. The minimum Gasteiger partial charge on any atom is -0.380 e. The number of piperazine rings is 1. The van der Waals surface area contributed by atoms with E-state index in [1.54, 1.807) is 7.11 Å². The van der Waals surface area contributed by atoms with Crippen LogP contribution in [-0.4, -0.2) is 54.7 Å². The second kappa shape index (κ2) is 7.07. The van der Waals surface area contributed by atoms with Crippen molar-refractivity contribution in [3.8, 4) is 0 Å². The number of carbonyl (C=O) groups is 1. The van der Waals surface area contributed by atoms with Crippen molar-refractivity contribution < 1.29 is 9.53 Å². The molecule has 0 aliphatic carbocycles. The Balaban J connectivity index is 1.73. The molecule has 2 fully saturated rings. The average molecular weight is 338 g/mol. The van der Waals surface area contributed by atoms with Crippen molar-refractivity contribution in [2.75, 3.05) is 32.1 Å².